The van der Waals surface area contributed by atoms with Gasteiger partial charge in [0.1, 0.15) is 0 Å². The summed E-state index contributed by atoms with van der Waals surface area (Å²) in [6.45, 7) is 4.36. The van der Waals surface area contributed by atoms with Gasteiger partial charge in [-0.2, -0.15) is 0 Å². The highest BCUT2D eigenvalue weighted by Gasteiger charge is 2.06. The minimum atomic E-state index is 0.653. The van der Waals surface area contributed by atoms with Crippen molar-refractivity contribution in [3.05, 3.63) is 30.2 Å². The summed E-state index contributed by atoms with van der Waals surface area (Å²) in [5.41, 5.74) is 0. The fraction of sp³-hybridized carbons (Fsp3) is 0.375. The van der Waals surface area contributed by atoms with E-state index in [2.05, 4.69) is 38.2 Å². The van der Waals surface area contributed by atoms with Crippen LogP contribution in [-0.4, -0.2) is 0 Å². The van der Waals surface area contributed by atoms with Crippen molar-refractivity contribution < 1.29 is 0 Å². The van der Waals surface area contributed by atoms with Gasteiger partial charge in [0.25, 0.3) is 0 Å². The zero-order valence-corrected chi connectivity index (χ0v) is 5.39. The summed E-state index contributed by atoms with van der Waals surface area (Å²) < 4.78 is 0. The molecule has 8 heavy (non-hydrogen) atoms. The van der Waals surface area contributed by atoms with Gasteiger partial charge in [0, 0.05) is 5.92 Å². The van der Waals surface area contributed by atoms with Crippen molar-refractivity contribution in [2.24, 2.45) is 5.92 Å². The maximum absolute atomic E-state index is 2.20. The molecule has 0 heteroatoms. The Balaban J connectivity index is 2.59. The molecule has 1 unspecified atom stereocenters. The Bertz CT molecular complexity index is 104. The van der Waals surface area contributed by atoms with Crippen molar-refractivity contribution in [2.45, 2.75) is 13.8 Å². The summed E-state index contributed by atoms with van der Waals surface area (Å²) in [5.74, 6) is 2.10. The summed E-state index contributed by atoms with van der Waals surface area (Å²) in [6.07, 6.45) is 8.53. The largest absolute Gasteiger partial charge is 0.0808 e. The van der Waals surface area contributed by atoms with Crippen LogP contribution < -0.4 is 0 Å². The molecule has 43 valence electrons. The maximum Gasteiger partial charge on any atom is 0.00107 e. The van der Waals surface area contributed by atoms with Crippen molar-refractivity contribution in [1.82, 2.24) is 0 Å². The number of hydrogen-bond donors (Lipinski definition) is 0. The third-order valence-electron chi connectivity index (χ3n) is 1.59. The van der Waals surface area contributed by atoms with Crippen LogP contribution in [0.4, 0.5) is 0 Å². The Morgan fingerprint density at radius 3 is 2.50 bits per heavy atom. The molecule has 0 aromatic heterocycles. The van der Waals surface area contributed by atoms with E-state index in [1.807, 2.05) is 0 Å². The van der Waals surface area contributed by atoms with Crippen LogP contribution in [0.3, 0.4) is 0 Å². The van der Waals surface area contributed by atoms with Crippen LogP contribution in [-0.2, 0) is 0 Å². The fourth-order valence-corrected chi connectivity index (χ4v) is 0.742. The minimum Gasteiger partial charge on any atom is -0.0808 e. The van der Waals surface area contributed by atoms with Crippen LogP contribution in [0.5, 0.6) is 0 Å². The molecule has 0 bridgehead atoms. The molecule has 0 amide bonds. The van der Waals surface area contributed by atoms with E-state index >= 15 is 0 Å². The smallest absolute Gasteiger partial charge is 0.00107 e. The van der Waals surface area contributed by atoms with Gasteiger partial charge in [0.15, 0.2) is 0 Å². The molecule has 0 saturated carbocycles. The van der Waals surface area contributed by atoms with Gasteiger partial charge < -0.3 is 0 Å². The topological polar surface area (TPSA) is 0 Å². The molecule has 0 heterocycles. The van der Waals surface area contributed by atoms with Crippen molar-refractivity contribution >= 4 is 0 Å². The first-order valence-corrected chi connectivity index (χ1v) is 2.99. The Kier molecular flexibility index (Phi) is 1.52. The van der Waals surface area contributed by atoms with E-state index in [4.69, 9.17) is 0 Å². The molecule has 0 saturated heterocycles. The molecule has 1 atom stereocenters. The van der Waals surface area contributed by atoms with Gasteiger partial charge in [-0.25, -0.2) is 0 Å². The average molecular weight is 107 g/mol. The Hall–Kier alpha value is -0.520. The van der Waals surface area contributed by atoms with E-state index in [1.54, 1.807) is 0 Å². The van der Waals surface area contributed by atoms with Crippen molar-refractivity contribution in [3.8, 4) is 0 Å². The molecular formula is C8H11. The summed E-state index contributed by atoms with van der Waals surface area (Å²) in [4.78, 5) is 0. The lowest BCUT2D eigenvalue weighted by Gasteiger charge is -2.12. The predicted octanol–water partition coefficient (Wildman–Crippen LogP) is 2.34. The first-order chi connectivity index (χ1) is 3.80. The Labute approximate surface area is 50.9 Å². The molecule has 1 rings (SSSR count). The highest BCUT2D eigenvalue weighted by Crippen LogP contribution is 2.19. The first-order valence-electron chi connectivity index (χ1n) is 2.99. The molecule has 0 aromatic rings. The fourth-order valence-electron chi connectivity index (χ4n) is 0.742. The summed E-state index contributed by atoms with van der Waals surface area (Å²) in [5, 5.41) is 0. The number of hydrogen-bond acceptors (Lipinski definition) is 0. The standard InChI is InChI=1S/C8H11/c1-7-5-3-4-6-8(7)2/h3-7H,1-2H3. The van der Waals surface area contributed by atoms with Gasteiger partial charge in [-0.3, -0.25) is 0 Å². The third kappa shape index (κ3) is 1.00. The second-order valence-electron chi connectivity index (χ2n) is 2.28. The molecular weight excluding hydrogens is 96.1 g/mol. The van der Waals surface area contributed by atoms with Crippen molar-refractivity contribution in [2.75, 3.05) is 0 Å². The van der Waals surface area contributed by atoms with Gasteiger partial charge in [-0.1, -0.05) is 38.2 Å². The van der Waals surface area contributed by atoms with Crippen molar-refractivity contribution in [1.29, 1.82) is 0 Å². The maximum atomic E-state index is 2.20. The Morgan fingerprint density at radius 2 is 2.12 bits per heavy atom. The molecule has 1 radical (unpaired) electrons. The van der Waals surface area contributed by atoms with Gasteiger partial charge in [-0.05, 0) is 5.92 Å². The second kappa shape index (κ2) is 2.17. The van der Waals surface area contributed by atoms with Gasteiger partial charge in [-0.15, -0.1) is 0 Å². The van der Waals surface area contributed by atoms with E-state index in [-0.39, 0.29) is 0 Å². The van der Waals surface area contributed by atoms with Crippen LogP contribution in [0.15, 0.2) is 24.3 Å². The third-order valence-corrected chi connectivity index (χ3v) is 1.59. The van der Waals surface area contributed by atoms with Crippen molar-refractivity contribution in [3.63, 3.8) is 0 Å². The molecule has 0 N–H and O–H groups in total. The average Bonchev–Trinajstić information content (AvgIpc) is 1.77. The quantitative estimate of drug-likeness (QED) is 0.445. The molecule has 0 aliphatic heterocycles. The summed E-state index contributed by atoms with van der Waals surface area (Å²) in [7, 11) is 0. The lowest BCUT2D eigenvalue weighted by atomic mass is 9.92. The number of rotatable bonds is 0. The molecule has 1 aliphatic rings. The summed E-state index contributed by atoms with van der Waals surface area (Å²) >= 11 is 0. The van der Waals surface area contributed by atoms with E-state index in [0.717, 1.165) is 0 Å². The van der Waals surface area contributed by atoms with E-state index in [9.17, 15) is 0 Å². The van der Waals surface area contributed by atoms with E-state index in [0.29, 0.717) is 5.92 Å². The SMILES string of the molecule is C[C]1C=CC=CC1C. The minimum absolute atomic E-state index is 0.653. The molecule has 0 aromatic carbocycles. The molecule has 0 fully saturated rings. The molecule has 0 spiro atoms. The van der Waals surface area contributed by atoms with Crippen LogP contribution in [0.2, 0.25) is 0 Å². The van der Waals surface area contributed by atoms with Crippen LogP contribution in [0.1, 0.15) is 13.8 Å². The van der Waals surface area contributed by atoms with Crippen LogP contribution >= 0.6 is 0 Å². The zero-order chi connectivity index (χ0) is 5.98. The highest BCUT2D eigenvalue weighted by molar-refractivity contribution is 5.24. The summed E-state index contributed by atoms with van der Waals surface area (Å²) in [6, 6.07) is 0. The lowest BCUT2D eigenvalue weighted by molar-refractivity contribution is 0.775. The van der Waals surface area contributed by atoms with E-state index in [1.165, 1.54) is 5.92 Å². The Morgan fingerprint density at radius 1 is 1.38 bits per heavy atom. The van der Waals surface area contributed by atoms with Gasteiger partial charge in [0.05, 0.1) is 0 Å². The number of allylic oxidation sites excluding steroid dienone is 4. The predicted molar refractivity (Wildman–Crippen MR) is 36.4 cm³/mol. The lowest BCUT2D eigenvalue weighted by Crippen LogP contribution is -2.00. The van der Waals surface area contributed by atoms with E-state index < -0.39 is 0 Å². The van der Waals surface area contributed by atoms with Crippen LogP contribution in [0, 0.1) is 11.8 Å². The normalized spacial score (nSPS) is 29.0. The zero-order valence-electron chi connectivity index (χ0n) is 5.39. The first kappa shape index (κ1) is 5.61. The monoisotopic (exact) mass is 107 g/mol. The molecule has 0 nitrogen and oxygen atoms in total. The molecule has 1 aliphatic carbocycles. The van der Waals surface area contributed by atoms with Gasteiger partial charge >= 0.3 is 0 Å². The van der Waals surface area contributed by atoms with Gasteiger partial charge in [0.2, 0.25) is 0 Å². The highest BCUT2D eigenvalue weighted by atomic mass is 14.1. The van der Waals surface area contributed by atoms with Crippen LogP contribution in [0.25, 0.3) is 0 Å². The second-order valence-corrected chi connectivity index (χ2v) is 2.28.